The SMILES string of the molecule is O=S([O-])CN1CCN(c2ccc(C(F)(F)F)cc2)CC1. The first-order valence-corrected chi connectivity index (χ1v) is 7.31. The van der Waals surface area contributed by atoms with Crippen LogP contribution in [0.4, 0.5) is 18.9 Å². The predicted molar refractivity (Wildman–Crippen MR) is 69.0 cm³/mol. The number of piperazine rings is 1. The number of nitrogens with zero attached hydrogens (tertiary/aromatic N) is 2. The molecule has 0 bridgehead atoms. The van der Waals surface area contributed by atoms with E-state index in [4.69, 9.17) is 0 Å². The van der Waals surface area contributed by atoms with E-state index in [9.17, 15) is 21.9 Å². The van der Waals surface area contributed by atoms with E-state index in [0.717, 1.165) is 17.8 Å². The van der Waals surface area contributed by atoms with Crippen molar-refractivity contribution in [2.75, 3.05) is 37.0 Å². The summed E-state index contributed by atoms with van der Waals surface area (Å²) in [5, 5.41) is 0. The Hall–Kier alpha value is -1.12. The van der Waals surface area contributed by atoms with E-state index in [-0.39, 0.29) is 5.88 Å². The zero-order valence-corrected chi connectivity index (χ0v) is 11.4. The summed E-state index contributed by atoms with van der Waals surface area (Å²) < 4.78 is 58.5. The van der Waals surface area contributed by atoms with Crippen LogP contribution in [0.15, 0.2) is 24.3 Å². The van der Waals surface area contributed by atoms with Crippen molar-refractivity contribution in [1.82, 2.24) is 4.90 Å². The first-order valence-electron chi connectivity index (χ1n) is 6.07. The van der Waals surface area contributed by atoms with Gasteiger partial charge in [0.2, 0.25) is 0 Å². The molecule has 1 unspecified atom stereocenters. The maximum Gasteiger partial charge on any atom is 0.416 e. The lowest BCUT2D eigenvalue weighted by atomic mass is 10.1. The predicted octanol–water partition coefficient (Wildman–Crippen LogP) is 1.66. The van der Waals surface area contributed by atoms with Gasteiger partial charge in [-0.25, -0.2) is 0 Å². The van der Waals surface area contributed by atoms with E-state index in [1.54, 1.807) is 4.90 Å². The van der Waals surface area contributed by atoms with Gasteiger partial charge in [0.05, 0.1) is 11.4 Å². The number of hydrogen-bond acceptors (Lipinski definition) is 4. The number of halogens is 3. The first kappa shape index (κ1) is 15.3. The quantitative estimate of drug-likeness (QED) is 0.797. The van der Waals surface area contributed by atoms with Crippen LogP contribution >= 0.6 is 0 Å². The molecule has 1 aromatic rings. The van der Waals surface area contributed by atoms with Crippen molar-refractivity contribution in [1.29, 1.82) is 0 Å². The molecule has 2 rings (SSSR count). The monoisotopic (exact) mass is 307 g/mol. The topological polar surface area (TPSA) is 46.6 Å². The van der Waals surface area contributed by atoms with Crippen LogP contribution in [0.25, 0.3) is 0 Å². The average molecular weight is 307 g/mol. The summed E-state index contributed by atoms with van der Waals surface area (Å²) in [6.07, 6.45) is -4.32. The molecule has 1 aliphatic rings. The minimum Gasteiger partial charge on any atom is -0.771 e. The van der Waals surface area contributed by atoms with Gasteiger partial charge in [0, 0.05) is 31.9 Å². The van der Waals surface area contributed by atoms with E-state index in [0.29, 0.717) is 26.2 Å². The minimum atomic E-state index is -4.32. The van der Waals surface area contributed by atoms with Crippen molar-refractivity contribution in [3.63, 3.8) is 0 Å². The molecule has 1 fully saturated rings. The Kier molecular flexibility index (Phi) is 4.66. The van der Waals surface area contributed by atoms with Gasteiger partial charge in [-0.3, -0.25) is 9.11 Å². The summed E-state index contributed by atoms with van der Waals surface area (Å²) in [7, 11) is 0. The highest BCUT2D eigenvalue weighted by atomic mass is 32.2. The highest BCUT2D eigenvalue weighted by Crippen LogP contribution is 2.30. The highest BCUT2D eigenvalue weighted by Gasteiger charge is 2.30. The van der Waals surface area contributed by atoms with Crippen molar-refractivity contribution in [3.05, 3.63) is 29.8 Å². The van der Waals surface area contributed by atoms with Crippen LogP contribution in [0.5, 0.6) is 0 Å². The molecule has 1 heterocycles. The van der Waals surface area contributed by atoms with E-state index in [2.05, 4.69) is 0 Å². The molecular formula is C12H14F3N2O2S-. The molecule has 1 atom stereocenters. The fraction of sp³-hybridized carbons (Fsp3) is 0.500. The Balaban J connectivity index is 1.95. The fourth-order valence-electron chi connectivity index (χ4n) is 2.15. The van der Waals surface area contributed by atoms with Crippen molar-refractivity contribution in [2.24, 2.45) is 0 Å². The van der Waals surface area contributed by atoms with Gasteiger partial charge in [-0.05, 0) is 35.3 Å². The molecule has 112 valence electrons. The Bertz CT molecular complexity index is 471. The molecule has 0 saturated carbocycles. The van der Waals surface area contributed by atoms with Gasteiger partial charge in [0.15, 0.2) is 0 Å². The molecule has 4 nitrogen and oxygen atoms in total. The molecule has 0 amide bonds. The second kappa shape index (κ2) is 6.11. The maximum atomic E-state index is 12.5. The van der Waals surface area contributed by atoms with Crippen LogP contribution in [0.1, 0.15) is 5.56 Å². The molecule has 0 N–H and O–H groups in total. The zero-order chi connectivity index (χ0) is 14.8. The summed E-state index contributed by atoms with van der Waals surface area (Å²) in [6.45, 7) is 2.36. The number of alkyl halides is 3. The summed E-state index contributed by atoms with van der Waals surface area (Å²) in [6, 6.07) is 5.03. The Morgan fingerprint density at radius 2 is 1.65 bits per heavy atom. The zero-order valence-electron chi connectivity index (χ0n) is 10.6. The van der Waals surface area contributed by atoms with E-state index < -0.39 is 22.8 Å². The number of anilines is 1. The molecule has 0 aromatic heterocycles. The molecule has 20 heavy (non-hydrogen) atoms. The molecule has 0 radical (unpaired) electrons. The molecule has 1 aromatic carbocycles. The van der Waals surface area contributed by atoms with Crippen molar-refractivity contribution >= 4 is 16.8 Å². The van der Waals surface area contributed by atoms with E-state index >= 15 is 0 Å². The largest absolute Gasteiger partial charge is 0.771 e. The molecule has 1 aliphatic heterocycles. The summed E-state index contributed by atoms with van der Waals surface area (Å²) in [5.41, 5.74) is 0.0579. The molecular weight excluding hydrogens is 293 g/mol. The van der Waals surface area contributed by atoms with Crippen molar-refractivity contribution < 1.29 is 21.9 Å². The molecule has 0 aliphatic carbocycles. The van der Waals surface area contributed by atoms with Crippen LogP contribution in [0.2, 0.25) is 0 Å². The summed E-state index contributed by atoms with van der Waals surface area (Å²) in [5.74, 6) is 0.000845. The lowest BCUT2D eigenvalue weighted by Gasteiger charge is -2.36. The van der Waals surface area contributed by atoms with Gasteiger partial charge in [-0.1, -0.05) is 0 Å². The van der Waals surface area contributed by atoms with Crippen LogP contribution < -0.4 is 4.90 Å². The molecule has 1 saturated heterocycles. The van der Waals surface area contributed by atoms with Gasteiger partial charge in [0.1, 0.15) is 0 Å². The van der Waals surface area contributed by atoms with Gasteiger partial charge in [-0.2, -0.15) is 13.2 Å². The second-order valence-electron chi connectivity index (χ2n) is 4.58. The third-order valence-electron chi connectivity index (χ3n) is 3.22. The van der Waals surface area contributed by atoms with Crippen LogP contribution in [-0.2, 0) is 17.3 Å². The highest BCUT2D eigenvalue weighted by molar-refractivity contribution is 7.79. The average Bonchev–Trinajstić information content (AvgIpc) is 2.38. The number of hydrogen-bond donors (Lipinski definition) is 0. The smallest absolute Gasteiger partial charge is 0.416 e. The third kappa shape index (κ3) is 3.94. The normalized spacial score (nSPS) is 19.1. The first-order chi connectivity index (χ1) is 9.36. The summed E-state index contributed by atoms with van der Waals surface area (Å²) >= 11 is -2.10. The standard InChI is InChI=1S/C12H15F3N2O2S/c13-12(14,15)10-1-3-11(4-2-10)17-7-5-16(6-8-17)9-20(18)19/h1-4H,5-9H2,(H,18,19)/p-1. The van der Waals surface area contributed by atoms with Gasteiger partial charge < -0.3 is 9.45 Å². The van der Waals surface area contributed by atoms with Crippen LogP contribution in [0.3, 0.4) is 0 Å². The Morgan fingerprint density at radius 1 is 1.10 bits per heavy atom. The van der Waals surface area contributed by atoms with E-state index in [1.165, 1.54) is 12.1 Å². The molecule has 0 spiro atoms. The number of benzene rings is 1. The Morgan fingerprint density at radius 3 is 2.10 bits per heavy atom. The van der Waals surface area contributed by atoms with Gasteiger partial charge in [-0.15, -0.1) is 0 Å². The number of rotatable bonds is 3. The second-order valence-corrected chi connectivity index (χ2v) is 5.45. The van der Waals surface area contributed by atoms with Gasteiger partial charge in [0.25, 0.3) is 0 Å². The third-order valence-corrected chi connectivity index (χ3v) is 3.80. The lowest BCUT2D eigenvalue weighted by molar-refractivity contribution is -0.137. The van der Waals surface area contributed by atoms with E-state index in [1.807, 2.05) is 4.90 Å². The lowest BCUT2D eigenvalue weighted by Crippen LogP contribution is -2.47. The van der Waals surface area contributed by atoms with Crippen LogP contribution in [0, 0.1) is 0 Å². The molecule has 8 heteroatoms. The van der Waals surface area contributed by atoms with Crippen molar-refractivity contribution in [3.8, 4) is 0 Å². The van der Waals surface area contributed by atoms with Gasteiger partial charge >= 0.3 is 6.18 Å². The Labute approximate surface area is 117 Å². The summed E-state index contributed by atoms with van der Waals surface area (Å²) in [4.78, 5) is 3.74. The fourth-order valence-corrected chi connectivity index (χ4v) is 2.70. The maximum absolute atomic E-state index is 12.5. The minimum absolute atomic E-state index is 0.000845. The van der Waals surface area contributed by atoms with Crippen LogP contribution in [-0.4, -0.2) is 45.7 Å². The van der Waals surface area contributed by atoms with Crippen molar-refractivity contribution in [2.45, 2.75) is 6.18 Å².